The van der Waals surface area contributed by atoms with Crippen molar-refractivity contribution in [3.63, 3.8) is 0 Å². The van der Waals surface area contributed by atoms with Gasteiger partial charge in [0, 0.05) is 26.3 Å². The minimum absolute atomic E-state index is 0.0721. The van der Waals surface area contributed by atoms with Gasteiger partial charge in [0.2, 0.25) is 5.89 Å². The van der Waals surface area contributed by atoms with E-state index in [1.54, 1.807) is 11.8 Å². The second kappa shape index (κ2) is 6.98. The van der Waals surface area contributed by atoms with E-state index in [2.05, 4.69) is 10.1 Å². The van der Waals surface area contributed by atoms with Crippen molar-refractivity contribution in [1.82, 2.24) is 15.0 Å². The summed E-state index contributed by atoms with van der Waals surface area (Å²) < 4.78 is 62.0. The van der Waals surface area contributed by atoms with E-state index in [0.29, 0.717) is 31.7 Å². The molecule has 31 heavy (non-hydrogen) atoms. The van der Waals surface area contributed by atoms with Crippen LogP contribution in [0.3, 0.4) is 0 Å². The van der Waals surface area contributed by atoms with Gasteiger partial charge in [0.15, 0.2) is 21.8 Å². The average Bonchev–Trinajstić information content (AvgIpc) is 2.99. The highest BCUT2D eigenvalue weighted by Crippen LogP contribution is 2.58. The monoisotopic (exact) mass is 455 g/mol. The van der Waals surface area contributed by atoms with Crippen LogP contribution in [0, 0.1) is 12.8 Å². The molecule has 0 N–H and O–H groups in total. The Morgan fingerprint density at radius 1 is 1.42 bits per heavy atom. The summed E-state index contributed by atoms with van der Waals surface area (Å²) in [6.07, 6.45) is 0.310. The predicted octanol–water partition coefficient (Wildman–Crippen LogP) is 2.62. The van der Waals surface area contributed by atoms with Crippen LogP contribution in [-0.2, 0) is 15.3 Å². The summed E-state index contributed by atoms with van der Waals surface area (Å²) in [7, 11) is -3.62. The number of hydrogen-bond donors (Lipinski definition) is 0. The fraction of sp³-hybridized carbons (Fsp3) is 0.550. The van der Waals surface area contributed by atoms with Crippen LogP contribution in [0.2, 0.25) is 0 Å². The van der Waals surface area contributed by atoms with E-state index in [0.717, 1.165) is 12.7 Å². The molecule has 3 atom stereocenters. The number of nitrogens with zero attached hydrogens (tertiary/aromatic N) is 3. The van der Waals surface area contributed by atoms with E-state index in [-0.39, 0.29) is 22.1 Å². The van der Waals surface area contributed by atoms with Crippen molar-refractivity contribution in [2.75, 3.05) is 19.3 Å². The molecule has 2 aliphatic rings. The third kappa shape index (κ3) is 3.90. The maximum atomic E-state index is 13.7. The molecule has 1 amide bonds. The van der Waals surface area contributed by atoms with Gasteiger partial charge in [0.05, 0.1) is 15.9 Å². The Balaban J connectivity index is 1.65. The largest absolute Gasteiger partial charge is 0.484 e. The number of halogens is 2. The van der Waals surface area contributed by atoms with Gasteiger partial charge in [0.1, 0.15) is 5.75 Å². The van der Waals surface area contributed by atoms with Crippen LogP contribution in [0.25, 0.3) is 0 Å². The molecular weight excluding hydrogens is 432 g/mol. The van der Waals surface area contributed by atoms with E-state index in [1.165, 1.54) is 25.1 Å². The fourth-order valence-corrected chi connectivity index (χ4v) is 4.59. The van der Waals surface area contributed by atoms with Gasteiger partial charge in [-0.1, -0.05) is 5.16 Å². The molecule has 3 unspecified atom stereocenters. The van der Waals surface area contributed by atoms with Crippen LogP contribution >= 0.6 is 0 Å². The third-order valence-corrected chi connectivity index (χ3v) is 7.12. The lowest BCUT2D eigenvalue weighted by atomic mass is 10.1. The predicted molar refractivity (Wildman–Crippen MR) is 105 cm³/mol. The number of rotatable bonds is 6. The van der Waals surface area contributed by atoms with Crippen molar-refractivity contribution >= 4 is 15.7 Å². The number of aryl methyl sites for hydroxylation is 1. The summed E-state index contributed by atoms with van der Waals surface area (Å²) in [5, 5.41) is 3.82. The van der Waals surface area contributed by atoms with Gasteiger partial charge in [0.25, 0.3) is 11.8 Å². The minimum Gasteiger partial charge on any atom is -0.484 e. The molecule has 0 spiro atoms. The van der Waals surface area contributed by atoms with Gasteiger partial charge >= 0.3 is 0 Å². The zero-order chi connectivity index (χ0) is 22.8. The van der Waals surface area contributed by atoms with E-state index in [4.69, 9.17) is 9.26 Å². The first-order valence-electron chi connectivity index (χ1n) is 9.80. The zero-order valence-electron chi connectivity index (χ0n) is 17.6. The van der Waals surface area contributed by atoms with Gasteiger partial charge < -0.3 is 14.2 Å². The van der Waals surface area contributed by atoms with Gasteiger partial charge in [-0.05, 0) is 44.4 Å². The average molecular weight is 455 g/mol. The highest BCUT2D eigenvalue weighted by molar-refractivity contribution is 7.90. The number of ether oxygens (including phenoxy) is 1. The molecule has 4 rings (SSSR count). The zero-order valence-corrected chi connectivity index (χ0v) is 18.4. The molecule has 2 fully saturated rings. The number of carbonyl (C=O) groups is 1. The van der Waals surface area contributed by atoms with Crippen molar-refractivity contribution in [2.24, 2.45) is 5.92 Å². The lowest BCUT2D eigenvalue weighted by Gasteiger charge is -2.25. The number of piperidine rings is 1. The normalized spacial score (nSPS) is 24.1. The standard InChI is InChI=1S/C20H23F2N3O5S/c1-11(19(3,21)22)29-16-6-5-14(31(4,27)28)7-15(16)17(26)25-9-13-8-20(13,10-25)18-23-12(2)24-30-18/h5-7,11,13H,8-10H2,1-4H3. The highest BCUT2D eigenvalue weighted by Gasteiger charge is 2.65. The highest BCUT2D eigenvalue weighted by atomic mass is 32.2. The molecule has 1 saturated heterocycles. The second-order valence-corrected chi connectivity index (χ2v) is 10.6. The molecule has 2 aromatic rings. The first-order valence-corrected chi connectivity index (χ1v) is 11.7. The van der Waals surface area contributed by atoms with Crippen LogP contribution < -0.4 is 4.74 Å². The third-order valence-electron chi connectivity index (χ3n) is 6.01. The van der Waals surface area contributed by atoms with Gasteiger partial charge in [-0.15, -0.1) is 0 Å². The molecule has 1 aromatic carbocycles. The van der Waals surface area contributed by atoms with Crippen LogP contribution in [0.1, 0.15) is 42.3 Å². The number of amides is 1. The molecular formula is C20H23F2N3O5S. The molecule has 8 nitrogen and oxygen atoms in total. The van der Waals surface area contributed by atoms with Crippen molar-refractivity contribution in [3.05, 3.63) is 35.5 Å². The Morgan fingerprint density at radius 3 is 2.71 bits per heavy atom. The molecule has 1 aliphatic heterocycles. The topological polar surface area (TPSA) is 103 Å². The van der Waals surface area contributed by atoms with Gasteiger partial charge in [-0.25, -0.2) is 17.2 Å². The first kappa shape index (κ1) is 21.7. The molecule has 1 aromatic heterocycles. The van der Waals surface area contributed by atoms with Gasteiger partial charge in [-0.3, -0.25) is 4.79 Å². The summed E-state index contributed by atoms with van der Waals surface area (Å²) >= 11 is 0. The maximum Gasteiger partial charge on any atom is 0.281 e. The summed E-state index contributed by atoms with van der Waals surface area (Å²) in [5.74, 6) is -2.59. The molecule has 0 radical (unpaired) electrons. The second-order valence-electron chi connectivity index (χ2n) is 8.54. The minimum atomic E-state index is -3.62. The number of aromatic nitrogens is 2. The van der Waals surface area contributed by atoms with Crippen molar-refractivity contribution in [2.45, 2.75) is 49.5 Å². The molecule has 11 heteroatoms. The lowest BCUT2D eigenvalue weighted by molar-refractivity contribution is -0.0720. The van der Waals surface area contributed by atoms with Crippen LogP contribution in [0.5, 0.6) is 5.75 Å². The van der Waals surface area contributed by atoms with Crippen LogP contribution in [0.4, 0.5) is 8.78 Å². The molecule has 0 bridgehead atoms. The number of fused-ring (bicyclic) bond motifs is 1. The Labute approximate surface area is 178 Å². The van der Waals surface area contributed by atoms with E-state index in [9.17, 15) is 22.0 Å². The van der Waals surface area contributed by atoms with Crippen LogP contribution in [0.15, 0.2) is 27.6 Å². The Hall–Kier alpha value is -2.56. The lowest BCUT2D eigenvalue weighted by Crippen LogP contribution is -2.35. The molecule has 2 heterocycles. The summed E-state index contributed by atoms with van der Waals surface area (Å²) in [5.41, 5.74) is -0.479. The number of alkyl halides is 2. The fourth-order valence-electron chi connectivity index (χ4n) is 3.94. The van der Waals surface area contributed by atoms with E-state index in [1.807, 2.05) is 0 Å². The van der Waals surface area contributed by atoms with E-state index < -0.39 is 33.2 Å². The summed E-state index contributed by atoms with van der Waals surface area (Å²) in [6.45, 7) is 4.36. The quantitative estimate of drug-likeness (QED) is 0.660. The van der Waals surface area contributed by atoms with Crippen molar-refractivity contribution < 1.29 is 31.3 Å². The Bertz CT molecular complexity index is 1140. The van der Waals surface area contributed by atoms with Crippen LogP contribution in [-0.4, -0.2) is 60.7 Å². The van der Waals surface area contributed by atoms with E-state index >= 15 is 0 Å². The molecule has 1 saturated carbocycles. The summed E-state index contributed by atoms with van der Waals surface area (Å²) in [4.78, 5) is 19.1. The smallest absolute Gasteiger partial charge is 0.281 e. The Morgan fingerprint density at radius 2 is 2.13 bits per heavy atom. The SMILES string of the molecule is Cc1noc(C23CC2CN(C(=O)c2cc(S(C)(=O)=O)ccc2OC(C)C(C)(F)F)C3)n1. The van der Waals surface area contributed by atoms with Crippen molar-refractivity contribution in [1.29, 1.82) is 0 Å². The number of sulfone groups is 1. The number of hydrogen-bond acceptors (Lipinski definition) is 7. The van der Waals surface area contributed by atoms with Gasteiger partial charge in [-0.2, -0.15) is 4.98 Å². The number of carbonyl (C=O) groups excluding carboxylic acids is 1. The maximum absolute atomic E-state index is 13.7. The van der Waals surface area contributed by atoms with Crippen molar-refractivity contribution in [3.8, 4) is 5.75 Å². The molecule has 1 aliphatic carbocycles. The number of likely N-dealkylation sites (tertiary alicyclic amines) is 1. The summed E-state index contributed by atoms with van der Waals surface area (Å²) in [6, 6.07) is 3.67. The Kier molecular flexibility index (Phi) is 4.87. The first-order chi connectivity index (χ1) is 14.3. The molecule has 168 valence electrons. The number of benzene rings is 1.